The van der Waals surface area contributed by atoms with Crippen LogP contribution in [0.1, 0.15) is 5.69 Å². The Labute approximate surface area is 143 Å². The second-order valence-corrected chi connectivity index (χ2v) is 5.34. The number of rotatable bonds is 5. The molecule has 0 bridgehead atoms. The highest BCUT2D eigenvalue weighted by Gasteiger charge is 2.05. The van der Waals surface area contributed by atoms with Crippen molar-refractivity contribution in [3.05, 3.63) is 70.9 Å². The highest BCUT2D eigenvalue weighted by molar-refractivity contribution is 6.32. The van der Waals surface area contributed by atoms with Gasteiger partial charge in [-0.2, -0.15) is 0 Å². The van der Waals surface area contributed by atoms with Gasteiger partial charge in [-0.1, -0.05) is 17.7 Å². The molecule has 0 aliphatic rings. The van der Waals surface area contributed by atoms with Gasteiger partial charge in [-0.25, -0.2) is 9.97 Å². The summed E-state index contributed by atoms with van der Waals surface area (Å²) in [5.74, 6) is 1.17. The van der Waals surface area contributed by atoms with E-state index in [0.29, 0.717) is 23.2 Å². The van der Waals surface area contributed by atoms with Crippen LogP contribution in [0.5, 0.6) is 5.75 Å². The van der Waals surface area contributed by atoms with Crippen LogP contribution < -0.4 is 10.1 Å². The highest BCUT2D eigenvalue weighted by Crippen LogP contribution is 2.29. The van der Waals surface area contributed by atoms with Crippen molar-refractivity contribution in [1.29, 1.82) is 0 Å². The number of hydrogen-bond donors (Lipinski definition) is 1. The molecular weight excluding hydrogens is 335 g/mol. The van der Waals surface area contributed by atoms with E-state index < -0.39 is 0 Å². The fraction of sp³-hybridized carbons (Fsp3) is 0.0625. The van der Waals surface area contributed by atoms with Gasteiger partial charge in [-0.15, -0.1) is 0 Å². The number of nitrogens with one attached hydrogen (secondary N) is 1. The van der Waals surface area contributed by atoms with Crippen LogP contribution in [-0.4, -0.2) is 15.0 Å². The first-order valence-corrected chi connectivity index (χ1v) is 7.54. The van der Waals surface area contributed by atoms with Crippen molar-refractivity contribution in [3.8, 4) is 5.75 Å². The summed E-state index contributed by atoms with van der Waals surface area (Å²) in [5, 5.41) is 3.77. The van der Waals surface area contributed by atoms with Crippen molar-refractivity contribution in [2.45, 2.75) is 6.61 Å². The van der Waals surface area contributed by atoms with Crippen LogP contribution in [0.15, 0.2) is 54.9 Å². The molecule has 1 N–H and O–H groups in total. The maximum atomic E-state index is 6.25. The lowest BCUT2D eigenvalue weighted by atomic mass is 10.3. The molecule has 3 aromatic rings. The Kier molecular flexibility index (Phi) is 4.90. The molecular formula is C16H12Cl2N4O. The maximum Gasteiger partial charge on any atom is 0.224 e. The van der Waals surface area contributed by atoms with Crippen molar-refractivity contribution in [3.63, 3.8) is 0 Å². The molecule has 5 nitrogen and oxygen atoms in total. The average Bonchev–Trinajstić information content (AvgIpc) is 2.55. The largest absolute Gasteiger partial charge is 0.486 e. The summed E-state index contributed by atoms with van der Waals surface area (Å²) in [7, 11) is 0. The molecule has 116 valence electrons. The molecule has 2 heterocycles. The van der Waals surface area contributed by atoms with Crippen molar-refractivity contribution in [2.24, 2.45) is 0 Å². The van der Waals surface area contributed by atoms with E-state index in [1.54, 1.807) is 30.6 Å². The van der Waals surface area contributed by atoms with Crippen LogP contribution in [-0.2, 0) is 6.61 Å². The molecule has 0 fully saturated rings. The Morgan fingerprint density at radius 1 is 1.00 bits per heavy atom. The van der Waals surface area contributed by atoms with Gasteiger partial charge >= 0.3 is 0 Å². The van der Waals surface area contributed by atoms with Gasteiger partial charge in [-0.3, -0.25) is 4.98 Å². The molecule has 0 unspecified atom stereocenters. The summed E-state index contributed by atoms with van der Waals surface area (Å²) in [4.78, 5) is 12.1. The molecule has 0 saturated carbocycles. The molecule has 0 spiro atoms. The average molecular weight is 347 g/mol. The van der Waals surface area contributed by atoms with E-state index >= 15 is 0 Å². The van der Waals surface area contributed by atoms with Gasteiger partial charge in [0.25, 0.3) is 0 Å². The lowest BCUT2D eigenvalue weighted by Crippen LogP contribution is -1.99. The number of hydrogen-bond acceptors (Lipinski definition) is 5. The van der Waals surface area contributed by atoms with E-state index in [1.165, 1.54) is 0 Å². The standard InChI is InChI=1S/C16H12Cl2N4O/c17-13-9-11(21-15-6-8-20-16(18)22-15)4-5-14(13)23-10-12-3-1-2-7-19-12/h1-9H,10H2,(H,20,21,22). The minimum absolute atomic E-state index is 0.177. The molecule has 3 rings (SSSR count). The van der Waals surface area contributed by atoms with Gasteiger partial charge in [0.05, 0.1) is 10.7 Å². The predicted octanol–water partition coefficient (Wildman–Crippen LogP) is 4.50. The van der Waals surface area contributed by atoms with Gasteiger partial charge in [0, 0.05) is 18.1 Å². The van der Waals surface area contributed by atoms with Crippen LogP contribution in [0.25, 0.3) is 0 Å². The Morgan fingerprint density at radius 2 is 1.91 bits per heavy atom. The van der Waals surface area contributed by atoms with Gasteiger partial charge < -0.3 is 10.1 Å². The van der Waals surface area contributed by atoms with Crippen molar-refractivity contribution in [2.75, 3.05) is 5.32 Å². The third-order valence-electron chi connectivity index (χ3n) is 2.93. The summed E-state index contributed by atoms with van der Waals surface area (Å²) in [6, 6.07) is 12.8. The molecule has 0 aliphatic heterocycles. The summed E-state index contributed by atoms with van der Waals surface area (Å²) in [5.41, 5.74) is 1.61. The topological polar surface area (TPSA) is 59.9 Å². The Balaban J connectivity index is 1.68. The summed E-state index contributed by atoms with van der Waals surface area (Å²) in [6.07, 6.45) is 3.30. The number of nitrogens with zero attached hydrogens (tertiary/aromatic N) is 3. The quantitative estimate of drug-likeness (QED) is 0.689. The second kappa shape index (κ2) is 7.26. The van der Waals surface area contributed by atoms with E-state index in [4.69, 9.17) is 27.9 Å². The molecule has 23 heavy (non-hydrogen) atoms. The zero-order chi connectivity index (χ0) is 16.1. The summed E-state index contributed by atoms with van der Waals surface area (Å²) in [6.45, 7) is 0.356. The monoisotopic (exact) mass is 346 g/mol. The van der Waals surface area contributed by atoms with Crippen LogP contribution in [0.2, 0.25) is 10.3 Å². The van der Waals surface area contributed by atoms with Crippen molar-refractivity contribution in [1.82, 2.24) is 15.0 Å². The van der Waals surface area contributed by atoms with Gasteiger partial charge in [0.1, 0.15) is 18.2 Å². The van der Waals surface area contributed by atoms with E-state index in [2.05, 4.69) is 20.3 Å². The van der Waals surface area contributed by atoms with E-state index in [9.17, 15) is 0 Å². The molecule has 0 saturated heterocycles. The van der Waals surface area contributed by atoms with Crippen LogP contribution >= 0.6 is 23.2 Å². The zero-order valence-corrected chi connectivity index (χ0v) is 13.4. The fourth-order valence-electron chi connectivity index (χ4n) is 1.88. The molecule has 0 atom stereocenters. The molecule has 1 aromatic carbocycles. The normalized spacial score (nSPS) is 10.3. The first-order valence-electron chi connectivity index (χ1n) is 6.78. The molecule has 0 radical (unpaired) electrons. The minimum atomic E-state index is 0.177. The van der Waals surface area contributed by atoms with Crippen molar-refractivity contribution < 1.29 is 4.74 Å². The number of anilines is 2. The Bertz CT molecular complexity index is 799. The maximum absolute atomic E-state index is 6.25. The molecule has 7 heteroatoms. The zero-order valence-electron chi connectivity index (χ0n) is 11.9. The molecule has 2 aromatic heterocycles. The number of benzene rings is 1. The SMILES string of the molecule is Clc1nccc(Nc2ccc(OCc3ccccn3)c(Cl)c2)n1. The number of aromatic nitrogens is 3. The lowest BCUT2D eigenvalue weighted by molar-refractivity contribution is 0.301. The third-order valence-corrected chi connectivity index (χ3v) is 3.41. The van der Waals surface area contributed by atoms with Gasteiger partial charge in [0.2, 0.25) is 5.28 Å². The Morgan fingerprint density at radius 3 is 2.65 bits per heavy atom. The fourth-order valence-corrected chi connectivity index (χ4v) is 2.27. The summed E-state index contributed by atoms with van der Waals surface area (Å²) < 4.78 is 5.68. The number of ether oxygens (including phenoxy) is 1. The first kappa shape index (κ1) is 15.5. The van der Waals surface area contributed by atoms with Crippen LogP contribution in [0.4, 0.5) is 11.5 Å². The van der Waals surface area contributed by atoms with E-state index in [1.807, 2.05) is 24.3 Å². The predicted molar refractivity (Wildman–Crippen MR) is 90.3 cm³/mol. The second-order valence-electron chi connectivity index (χ2n) is 4.59. The summed E-state index contributed by atoms with van der Waals surface area (Å²) >= 11 is 12.0. The number of halogens is 2. The van der Waals surface area contributed by atoms with E-state index in [0.717, 1.165) is 11.4 Å². The number of pyridine rings is 1. The van der Waals surface area contributed by atoms with Gasteiger partial charge in [-0.05, 0) is 48.0 Å². The Hall–Kier alpha value is -2.37. The lowest BCUT2D eigenvalue weighted by Gasteiger charge is -2.10. The third kappa shape index (κ3) is 4.31. The minimum Gasteiger partial charge on any atom is -0.486 e. The smallest absolute Gasteiger partial charge is 0.224 e. The highest BCUT2D eigenvalue weighted by atomic mass is 35.5. The van der Waals surface area contributed by atoms with Gasteiger partial charge in [0.15, 0.2) is 0 Å². The molecule has 0 aliphatic carbocycles. The van der Waals surface area contributed by atoms with Crippen LogP contribution in [0.3, 0.4) is 0 Å². The molecule has 0 amide bonds. The van der Waals surface area contributed by atoms with Crippen molar-refractivity contribution >= 4 is 34.7 Å². The first-order chi connectivity index (χ1) is 11.2. The van der Waals surface area contributed by atoms with Crippen LogP contribution in [0, 0.1) is 0 Å². The van der Waals surface area contributed by atoms with E-state index in [-0.39, 0.29) is 5.28 Å².